The van der Waals surface area contributed by atoms with Crippen LogP contribution in [0.3, 0.4) is 0 Å². The van der Waals surface area contributed by atoms with Gasteiger partial charge in [0, 0.05) is 18.6 Å². The third kappa shape index (κ3) is 2.12. The summed E-state index contributed by atoms with van der Waals surface area (Å²) in [7, 11) is 0. The molecule has 0 radical (unpaired) electrons. The zero-order chi connectivity index (χ0) is 12.5. The second-order valence-corrected chi connectivity index (χ2v) is 6.77. The van der Waals surface area contributed by atoms with Crippen LogP contribution >= 0.6 is 0 Å². The molecule has 3 aliphatic rings. The highest BCUT2D eigenvalue weighted by Crippen LogP contribution is 2.40. The van der Waals surface area contributed by atoms with Crippen LogP contribution in [0.1, 0.15) is 52.4 Å². The summed E-state index contributed by atoms with van der Waals surface area (Å²) in [6.45, 7) is 8.76. The third-order valence-electron chi connectivity index (χ3n) is 6.00. The number of hydrogen-bond acceptors (Lipinski definition) is 2. The summed E-state index contributed by atoms with van der Waals surface area (Å²) >= 11 is 0. The minimum Gasteiger partial charge on any atom is -0.316 e. The van der Waals surface area contributed by atoms with Crippen LogP contribution in [0.2, 0.25) is 0 Å². The zero-order valence-electron chi connectivity index (χ0n) is 12.2. The van der Waals surface area contributed by atoms with Crippen LogP contribution in [0.5, 0.6) is 0 Å². The van der Waals surface area contributed by atoms with E-state index in [9.17, 15) is 0 Å². The normalized spacial score (nSPS) is 45.3. The first-order valence-corrected chi connectivity index (χ1v) is 8.31. The van der Waals surface area contributed by atoms with Gasteiger partial charge in [0.05, 0.1) is 0 Å². The van der Waals surface area contributed by atoms with Gasteiger partial charge in [0.15, 0.2) is 0 Å². The second-order valence-electron chi connectivity index (χ2n) is 6.77. The van der Waals surface area contributed by atoms with E-state index in [0.29, 0.717) is 0 Å². The van der Waals surface area contributed by atoms with Crippen molar-refractivity contribution in [2.45, 2.75) is 64.5 Å². The fraction of sp³-hybridized carbons (Fsp3) is 1.00. The summed E-state index contributed by atoms with van der Waals surface area (Å²) in [4.78, 5) is 2.95. The van der Waals surface area contributed by atoms with Gasteiger partial charge in [-0.3, -0.25) is 4.90 Å². The van der Waals surface area contributed by atoms with Gasteiger partial charge in [-0.05, 0) is 50.1 Å². The molecule has 1 N–H and O–H groups in total. The van der Waals surface area contributed by atoms with Crippen LogP contribution in [0.15, 0.2) is 0 Å². The molecule has 2 nitrogen and oxygen atoms in total. The van der Waals surface area contributed by atoms with Crippen molar-refractivity contribution in [3.05, 3.63) is 0 Å². The van der Waals surface area contributed by atoms with E-state index in [1.54, 1.807) is 0 Å². The highest BCUT2D eigenvalue weighted by atomic mass is 15.2. The summed E-state index contributed by atoms with van der Waals surface area (Å²) < 4.78 is 0. The van der Waals surface area contributed by atoms with E-state index in [1.807, 2.05) is 0 Å². The molecular formula is C16H30N2. The fourth-order valence-corrected chi connectivity index (χ4v) is 5.08. The summed E-state index contributed by atoms with van der Waals surface area (Å²) in [6, 6.07) is 1.79. The van der Waals surface area contributed by atoms with E-state index in [1.165, 1.54) is 58.2 Å². The molecule has 18 heavy (non-hydrogen) atoms. The number of rotatable bonds is 3. The Morgan fingerprint density at radius 1 is 1.06 bits per heavy atom. The lowest BCUT2D eigenvalue weighted by Gasteiger charge is -2.41. The van der Waals surface area contributed by atoms with Gasteiger partial charge in [-0.2, -0.15) is 0 Å². The summed E-state index contributed by atoms with van der Waals surface area (Å²) in [5, 5.41) is 3.61. The highest BCUT2D eigenvalue weighted by Gasteiger charge is 2.46. The van der Waals surface area contributed by atoms with E-state index in [-0.39, 0.29) is 0 Å². The summed E-state index contributed by atoms with van der Waals surface area (Å²) in [5.74, 6) is 2.89. The average Bonchev–Trinajstić information content (AvgIpc) is 2.98. The predicted octanol–water partition coefficient (Wildman–Crippen LogP) is 2.89. The van der Waals surface area contributed by atoms with Crippen molar-refractivity contribution in [1.82, 2.24) is 10.2 Å². The van der Waals surface area contributed by atoms with Crippen LogP contribution in [0, 0.1) is 17.8 Å². The Balaban J connectivity index is 1.74. The molecule has 2 aliphatic heterocycles. The van der Waals surface area contributed by atoms with Crippen molar-refractivity contribution in [3.8, 4) is 0 Å². The van der Waals surface area contributed by atoms with Crippen LogP contribution in [0.4, 0.5) is 0 Å². The van der Waals surface area contributed by atoms with Gasteiger partial charge in [0.2, 0.25) is 0 Å². The average molecular weight is 250 g/mol. The molecule has 2 saturated heterocycles. The first-order valence-electron chi connectivity index (χ1n) is 8.31. The number of fused-ring (bicyclic) bond motifs is 1. The van der Waals surface area contributed by atoms with E-state index in [2.05, 4.69) is 24.1 Å². The van der Waals surface area contributed by atoms with Gasteiger partial charge in [-0.25, -0.2) is 0 Å². The smallest absolute Gasteiger partial charge is 0.0140 e. The zero-order valence-corrected chi connectivity index (χ0v) is 12.2. The minimum absolute atomic E-state index is 0.877. The molecule has 1 aliphatic carbocycles. The Hall–Kier alpha value is -0.0800. The largest absolute Gasteiger partial charge is 0.316 e. The highest BCUT2D eigenvalue weighted by molar-refractivity contribution is 5.01. The molecule has 0 aromatic heterocycles. The molecule has 5 atom stereocenters. The fourth-order valence-electron chi connectivity index (χ4n) is 5.08. The Morgan fingerprint density at radius 2 is 1.89 bits per heavy atom. The van der Waals surface area contributed by atoms with Gasteiger partial charge in [-0.1, -0.05) is 33.1 Å². The van der Waals surface area contributed by atoms with Crippen LogP contribution < -0.4 is 5.32 Å². The van der Waals surface area contributed by atoms with Gasteiger partial charge in [-0.15, -0.1) is 0 Å². The van der Waals surface area contributed by atoms with Crippen molar-refractivity contribution < 1.29 is 0 Å². The Labute approximate surface area is 113 Å². The lowest BCUT2D eigenvalue weighted by atomic mass is 9.81. The van der Waals surface area contributed by atoms with Crippen molar-refractivity contribution in [2.75, 3.05) is 19.6 Å². The topological polar surface area (TPSA) is 15.3 Å². The molecule has 2 heterocycles. The maximum absolute atomic E-state index is 3.61. The summed E-state index contributed by atoms with van der Waals surface area (Å²) in [6.07, 6.45) is 8.67. The van der Waals surface area contributed by atoms with Crippen LogP contribution in [0.25, 0.3) is 0 Å². The lowest BCUT2D eigenvalue weighted by Crippen LogP contribution is -2.47. The molecule has 5 unspecified atom stereocenters. The SMILES string of the molecule is CCC1CCCCC1N1CC2CNCC2C1CC. The monoisotopic (exact) mass is 250 g/mol. The predicted molar refractivity (Wildman–Crippen MR) is 76.7 cm³/mol. The van der Waals surface area contributed by atoms with E-state index in [0.717, 1.165) is 29.8 Å². The first-order chi connectivity index (χ1) is 8.85. The Kier molecular flexibility index (Phi) is 3.95. The first kappa shape index (κ1) is 12.9. The number of nitrogens with one attached hydrogen (secondary N) is 1. The van der Waals surface area contributed by atoms with Gasteiger partial charge >= 0.3 is 0 Å². The van der Waals surface area contributed by atoms with Crippen molar-refractivity contribution in [3.63, 3.8) is 0 Å². The Morgan fingerprint density at radius 3 is 2.67 bits per heavy atom. The molecule has 0 amide bonds. The van der Waals surface area contributed by atoms with E-state index >= 15 is 0 Å². The lowest BCUT2D eigenvalue weighted by molar-refractivity contribution is 0.0765. The van der Waals surface area contributed by atoms with Crippen molar-refractivity contribution in [1.29, 1.82) is 0 Å². The van der Waals surface area contributed by atoms with E-state index < -0.39 is 0 Å². The molecule has 1 saturated carbocycles. The molecule has 104 valence electrons. The van der Waals surface area contributed by atoms with Crippen LogP contribution in [-0.4, -0.2) is 36.6 Å². The van der Waals surface area contributed by atoms with Gasteiger partial charge < -0.3 is 5.32 Å². The number of nitrogens with zero attached hydrogens (tertiary/aromatic N) is 1. The molecule has 3 fully saturated rings. The molecule has 0 aromatic rings. The van der Waals surface area contributed by atoms with Crippen LogP contribution in [-0.2, 0) is 0 Å². The quantitative estimate of drug-likeness (QED) is 0.828. The molecule has 0 spiro atoms. The van der Waals surface area contributed by atoms with Gasteiger partial charge in [0.25, 0.3) is 0 Å². The summed E-state index contributed by atoms with van der Waals surface area (Å²) in [5.41, 5.74) is 0. The van der Waals surface area contributed by atoms with Crippen molar-refractivity contribution in [2.24, 2.45) is 17.8 Å². The number of likely N-dealkylation sites (tertiary alicyclic amines) is 1. The van der Waals surface area contributed by atoms with E-state index in [4.69, 9.17) is 0 Å². The minimum atomic E-state index is 0.877. The Bertz CT molecular complexity index is 278. The molecule has 0 bridgehead atoms. The molecule has 2 heteroatoms. The van der Waals surface area contributed by atoms with Gasteiger partial charge in [0.1, 0.15) is 0 Å². The molecule has 0 aromatic carbocycles. The maximum Gasteiger partial charge on any atom is 0.0140 e. The molecular weight excluding hydrogens is 220 g/mol. The third-order valence-corrected chi connectivity index (χ3v) is 6.00. The number of hydrogen-bond donors (Lipinski definition) is 1. The maximum atomic E-state index is 3.61. The molecule has 3 rings (SSSR count). The van der Waals surface area contributed by atoms with Crippen molar-refractivity contribution >= 4 is 0 Å². The second kappa shape index (κ2) is 5.50. The standard InChI is InChI=1S/C16H30N2/c1-3-12-7-5-6-8-16(12)18-11-13-9-17-10-14(13)15(18)4-2/h12-17H,3-11H2,1-2H3.